The maximum Gasteiger partial charge on any atom is 0.251 e. The summed E-state index contributed by atoms with van der Waals surface area (Å²) in [6, 6.07) is 9.53. The van der Waals surface area contributed by atoms with Gasteiger partial charge in [-0.25, -0.2) is 9.97 Å². The molecular formula is C26H30ClN5O2. The van der Waals surface area contributed by atoms with Crippen molar-refractivity contribution < 1.29 is 9.90 Å². The van der Waals surface area contributed by atoms with E-state index in [1.807, 2.05) is 35.2 Å². The van der Waals surface area contributed by atoms with Crippen molar-refractivity contribution in [3.05, 3.63) is 53.6 Å². The largest absolute Gasteiger partial charge is 0.383 e. The monoisotopic (exact) mass is 479 g/mol. The quantitative estimate of drug-likeness (QED) is 0.546. The molecule has 3 heterocycles. The third-order valence-electron chi connectivity index (χ3n) is 7.31. The lowest BCUT2D eigenvalue weighted by molar-refractivity contribution is -0.144. The molecule has 2 aromatic heterocycles. The van der Waals surface area contributed by atoms with E-state index < -0.39 is 6.10 Å². The maximum absolute atomic E-state index is 13.0. The zero-order valence-corrected chi connectivity index (χ0v) is 19.9. The molecule has 34 heavy (non-hydrogen) atoms. The highest BCUT2D eigenvalue weighted by Gasteiger charge is 2.34. The highest BCUT2D eigenvalue weighted by molar-refractivity contribution is 6.30. The third-order valence-corrected chi connectivity index (χ3v) is 7.57. The molecule has 0 spiro atoms. The molecule has 1 saturated carbocycles. The number of hydrogen-bond donors (Lipinski definition) is 2. The summed E-state index contributed by atoms with van der Waals surface area (Å²) < 4.78 is 0. The molecule has 2 fully saturated rings. The van der Waals surface area contributed by atoms with Crippen LogP contribution in [0.4, 0.5) is 0 Å². The number of piperidine rings is 1. The second-order valence-electron chi connectivity index (χ2n) is 9.40. The lowest BCUT2D eigenvalue weighted by Gasteiger charge is -2.35. The first-order valence-corrected chi connectivity index (χ1v) is 12.6. The number of aliphatic hydroxyl groups is 1. The Morgan fingerprint density at radius 2 is 1.79 bits per heavy atom. The van der Waals surface area contributed by atoms with Gasteiger partial charge in [-0.15, -0.1) is 0 Å². The average Bonchev–Trinajstić information content (AvgIpc) is 3.34. The van der Waals surface area contributed by atoms with Gasteiger partial charge in [0, 0.05) is 47.0 Å². The van der Waals surface area contributed by atoms with Crippen LogP contribution in [-0.4, -0.2) is 55.3 Å². The van der Waals surface area contributed by atoms with Gasteiger partial charge < -0.3 is 10.0 Å². The van der Waals surface area contributed by atoms with Crippen LogP contribution in [-0.2, 0) is 4.79 Å². The summed E-state index contributed by atoms with van der Waals surface area (Å²) in [5.41, 5.74) is 4.61. The van der Waals surface area contributed by atoms with Gasteiger partial charge in [-0.2, -0.15) is 5.10 Å². The van der Waals surface area contributed by atoms with E-state index in [1.165, 1.54) is 6.42 Å². The number of rotatable bonds is 5. The van der Waals surface area contributed by atoms with Crippen molar-refractivity contribution in [2.75, 3.05) is 13.1 Å². The number of likely N-dealkylation sites (tertiary alicyclic amines) is 1. The SMILES string of the molecule is O=C(C(O)C1CCCCC1)N1CCC(c2[nH]nc(-c3ccc(Cl)cc3)c2-c2ccncn2)CC1. The molecule has 2 N–H and O–H groups in total. The van der Waals surface area contributed by atoms with E-state index >= 15 is 0 Å². The number of benzene rings is 1. The van der Waals surface area contributed by atoms with Gasteiger partial charge in [0.1, 0.15) is 18.1 Å². The van der Waals surface area contributed by atoms with Gasteiger partial charge in [-0.1, -0.05) is 43.0 Å². The van der Waals surface area contributed by atoms with E-state index in [0.717, 1.165) is 66.7 Å². The molecule has 1 aromatic carbocycles. The lowest BCUT2D eigenvalue weighted by atomic mass is 9.84. The van der Waals surface area contributed by atoms with Gasteiger partial charge in [-0.05, 0) is 49.8 Å². The highest BCUT2D eigenvalue weighted by atomic mass is 35.5. The first-order chi connectivity index (χ1) is 16.6. The Balaban J connectivity index is 1.35. The zero-order valence-electron chi connectivity index (χ0n) is 19.2. The molecule has 5 rings (SSSR count). The van der Waals surface area contributed by atoms with Crippen molar-refractivity contribution >= 4 is 17.5 Å². The first-order valence-electron chi connectivity index (χ1n) is 12.2. The van der Waals surface area contributed by atoms with Crippen LogP contribution >= 0.6 is 11.6 Å². The molecular weight excluding hydrogens is 450 g/mol. The van der Waals surface area contributed by atoms with Gasteiger partial charge in [0.05, 0.1) is 5.69 Å². The van der Waals surface area contributed by atoms with Crippen LogP contribution in [0.2, 0.25) is 5.02 Å². The Morgan fingerprint density at radius 1 is 1.06 bits per heavy atom. The predicted octanol–water partition coefficient (Wildman–Crippen LogP) is 4.83. The van der Waals surface area contributed by atoms with E-state index in [1.54, 1.807) is 12.5 Å². The molecule has 1 aliphatic heterocycles. The fourth-order valence-electron chi connectivity index (χ4n) is 5.39. The third kappa shape index (κ3) is 4.72. The van der Waals surface area contributed by atoms with Crippen molar-refractivity contribution in [2.24, 2.45) is 5.92 Å². The molecule has 178 valence electrons. The minimum atomic E-state index is -0.864. The van der Waals surface area contributed by atoms with Crippen LogP contribution in [0.25, 0.3) is 22.5 Å². The van der Waals surface area contributed by atoms with E-state index in [9.17, 15) is 9.90 Å². The molecule has 1 saturated heterocycles. The summed E-state index contributed by atoms with van der Waals surface area (Å²) >= 11 is 6.09. The Morgan fingerprint density at radius 3 is 2.47 bits per heavy atom. The van der Waals surface area contributed by atoms with Crippen LogP contribution in [0.15, 0.2) is 42.9 Å². The minimum Gasteiger partial charge on any atom is -0.383 e. The second kappa shape index (κ2) is 10.2. The van der Waals surface area contributed by atoms with Crippen LogP contribution in [0.1, 0.15) is 56.6 Å². The predicted molar refractivity (Wildman–Crippen MR) is 131 cm³/mol. The molecule has 2 aliphatic rings. The number of nitrogens with zero attached hydrogens (tertiary/aromatic N) is 4. The fraction of sp³-hybridized carbons (Fsp3) is 0.462. The molecule has 0 bridgehead atoms. The number of halogens is 1. The van der Waals surface area contributed by atoms with Gasteiger partial charge in [0.15, 0.2) is 0 Å². The first kappa shape index (κ1) is 23.0. The van der Waals surface area contributed by atoms with Crippen LogP contribution in [0, 0.1) is 5.92 Å². The van der Waals surface area contributed by atoms with E-state index in [-0.39, 0.29) is 17.7 Å². The summed E-state index contributed by atoms with van der Waals surface area (Å²) in [7, 11) is 0. The Labute approximate surface area is 204 Å². The average molecular weight is 480 g/mol. The molecule has 1 amide bonds. The van der Waals surface area contributed by atoms with Crippen molar-refractivity contribution in [1.82, 2.24) is 25.1 Å². The molecule has 1 unspecified atom stereocenters. The second-order valence-corrected chi connectivity index (χ2v) is 9.84. The summed E-state index contributed by atoms with van der Waals surface area (Å²) in [4.78, 5) is 23.4. The van der Waals surface area contributed by atoms with E-state index in [4.69, 9.17) is 11.6 Å². The molecule has 3 aromatic rings. The number of aromatic nitrogens is 4. The van der Waals surface area contributed by atoms with Crippen LogP contribution in [0.3, 0.4) is 0 Å². The molecule has 7 nitrogen and oxygen atoms in total. The number of H-pyrrole nitrogens is 1. The molecule has 1 atom stereocenters. The number of aliphatic hydroxyl groups excluding tert-OH is 1. The molecule has 1 aliphatic carbocycles. The smallest absolute Gasteiger partial charge is 0.251 e. The fourth-order valence-corrected chi connectivity index (χ4v) is 5.52. The summed E-state index contributed by atoms with van der Waals surface area (Å²) in [5.74, 6) is 0.222. The highest BCUT2D eigenvalue weighted by Crippen LogP contribution is 2.39. The van der Waals surface area contributed by atoms with Crippen LogP contribution in [0.5, 0.6) is 0 Å². The summed E-state index contributed by atoms with van der Waals surface area (Å²) in [6.07, 6.45) is 9.37. The summed E-state index contributed by atoms with van der Waals surface area (Å²) in [6.45, 7) is 1.26. The maximum atomic E-state index is 13.0. The normalized spacial score (nSPS) is 18.7. The number of amides is 1. The Kier molecular flexibility index (Phi) is 6.92. The van der Waals surface area contributed by atoms with Gasteiger partial charge in [0.2, 0.25) is 0 Å². The van der Waals surface area contributed by atoms with Gasteiger partial charge in [0.25, 0.3) is 5.91 Å². The number of hydrogen-bond acceptors (Lipinski definition) is 5. The number of carbonyl (C=O) groups is 1. The van der Waals surface area contributed by atoms with Gasteiger partial charge in [-0.3, -0.25) is 9.89 Å². The number of carbonyl (C=O) groups excluding carboxylic acids is 1. The van der Waals surface area contributed by atoms with E-state index in [0.29, 0.717) is 18.1 Å². The minimum absolute atomic E-state index is 0.104. The Bertz CT molecular complexity index is 1100. The van der Waals surface area contributed by atoms with E-state index in [2.05, 4.69) is 20.2 Å². The number of aromatic amines is 1. The van der Waals surface area contributed by atoms with Crippen molar-refractivity contribution in [1.29, 1.82) is 0 Å². The van der Waals surface area contributed by atoms with Gasteiger partial charge >= 0.3 is 0 Å². The molecule has 8 heteroatoms. The Hall–Kier alpha value is -2.77. The topological polar surface area (TPSA) is 95.0 Å². The van der Waals surface area contributed by atoms with Crippen molar-refractivity contribution in [3.8, 4) is 22.5 Å². The number of nitrogens with one attached hydrogen (secondary N) is 1. The zero-order chi connectivity index (χ0) is 23.5. The lowest BCUT2D eigenvalue weighted by Crippen LogP contribution is -2.46. The summed E-state index contributed by atoms with van der Waals surface area (Å²) in [5, 5.41) is 19.3. The van der Waals surface area contributed by atoms with Crippen molar-refractivity contribution in [2.45, 2.75) is 57.0 Å². The van der Waals surface area contributed by atoms with Crippen molar-refractivity contribution in [3.63, 3.8) is 0 Å². The standard InChI is InChI=1S/C26H30ClN5O2/c27-20-8-6-17(7-9-20)23-22(21-10-13-28-16-29-21)24(31-30-23)18-11-14-32(15-12-18)26(34)25(33)19-4-2-1-3-5-19/h6-10,13,16,18-19,25,33H,1-5,11-12,14-15H2,(H,30,31). The van der Waals surface area contributed by atoms with Crippen LogP contribution < -0.4 is 0 Å². The molecule has 0 radical (unpaired) electrons.